The number of alkyl halides is 3. The average Bonchev–Trinajstić information content (AvgIpc) is 2.66. The van der Waals surface area contributed by atoms with Crippen LogP contribution < -0.4 is 10.6 Å². The summed E-state index contributed by atoms with van der Waals surface area (Å²) in [7, 11) is -3.54. The molecule has 0 aromatic heterocycles. The van der Waals surface area contributed by atoms with E-state index in [9.17, 15) is 21.6 Å². The van der Waals surface area contributed by atoms with Gasteiger partial charge in [0.15, 0.2) is 5.96 Å². The number of halogens is 4. The first-order valence-corrected chi connectivity index (χ1v) is 11.3. The van der Waals surface area contributed by atoms with Crippen molar-refractivity contribution in [2.24, 2.45) is 10.9 Å². The number of nitrogens with one attached hydrogen (secondary N) is 2. The van der Waals surface area contributed by atoms with Crippen molar-refractivity contribution in [2.45, 2.75) is 45.0 Å². The fraction of sp³-hybridized carbons (Fsp3) is 0.941. The van der Waals surface area contributed by atoms with Crippen LogP contribution >= 0.6 is 24.0 Å². The third-order valence-corrected chi connectivity index (χ3v) is 6.71. The first-order chi connectivity index (χ1) is 13.2. The lowest BCUT2D eigenvalue weighted by atomic mass is 9.98. The number of nitrogens with zero attached hydrogens (tertiary/aromatic N) is 3. The molecule has 0 aliphatic carbocycles. The molecule has 0 unspecified atom stereocenters. The zero-order valence-electron chi connectivity index (χ0n) is 17.5. The van der Waals surface area contributed by atoms with Crippen molar-refractivity contribution in [1.82, 2.24) is 19.8 Å². The first kappa shape index (κ1) is 28.7. The van der Waals surface area contributed by atoms with Gasteiger partial charge in [-0.3, -0.25) is 4.99 Å². The van der Waals surface area contributed by atoms with Gasteiger partial charge < -0.3 is 15.5 Å². The normalized spacial score (nSPS) is 17.3. The molecule has 1 fully saturated rings. The summed E-state index contributed by atoms with van der Waals surface area (Å²) in [5.74, 6) is 0.772. The van der Waals surface area contributed by atoms with E-state index in [1.54, 1.807) is 7.05 Å². The SMILES string of the molecule is CCN(CC)CCCCNC(=NC)NCC1CCN(S(=O)(=O)C(F)(F)F)CC1.I. The maximum Gasteiger partial charge on any atom is 0.511 e. The minimum atomic E-state index is -5.23. The number of hydrogen-bond donors (Lipinski definition) is 2. The molecule has 174 valence electrons. The molecule has 7 nitrogen and oxygen atoms in total. The van der Waals surface area contributed by atoms with Crippen LogP contribution in [0.2, 0.25) is 0 Å². The van der Waals surface area contributed by atoms with Crippen LogP contribution in [-0.2, 0) is 10.0 Å². The standard InChI is InChI=1S/C17H34F3N5O2S.HI/c1-4-24(5-2)11-7-6-10-22-16(21-3)23-14-15-8-12-25(13-9-15)28(26,27)17(18,19)20;/h15H,4-14H2,1-3H3,(H2,21,22,23);1H. The molecule has 1 aliphatic rings. The molecule has 1 aliphatic heterocycles. The van der Waals surface area contributed by atoms with Crippen LogP contribution in [0, 0.1) is 5.92 Å². The fourth-order valence-electron chi connectivity index (χ4n) is 3.17. The Bertz CT molecular complexity index is 578. The summed E-state index contributed by atoms with van der Waals surface area (Å²) >= 11 is 0. The maximum absolute atomic E-state index is 12.6. The Labute approximate surface area is 189 Å². The number of piperidine rings is 1. The lowest BCUT2D eigenvalue weighted by Crippen LogP contribution is -2.47. The van der Waals surface area contributed by atoms with E-state index in [0.29, 0.717) is 29.7 Å². The van der Waals surface area contributed by atoms with Crippen LogP contribution in [-0.4, -0.2) is 82.0 Å². The quantitative estimate of drug-likeness (QED) is 0.187. The fourth-order valence-corrected chi connectivity index (χ4v) is 4.15. The highest BCUT2D eigenvalue weighted by molar-refractivity contribution is 14.0. The Hall–Kier alpha value is -0.340. The monoisotopic (exact) mass is 557 g/mol. The van der Waals surface area contributed by atoms with Crippen molar-refractivity contribution >= 4 is 40.0 Å². The predicted octanol–water partition coefficient (Wildman–Crippen LogP) is 2.45. The third kappa shape index (κ3) is 9.55. The van der Waals surface area contributed by atoms with Gasteiger partial charge in [-0.25, -0.2) is 8.42 Å². The molecule has 0 aromatic rings. The molecule has 0 amide bonds. The number of hydrogen-bond acceptors (Lipinski definition) is 4. The number of guanidine groups is 1. The Balaban J connectivity index is 0.00000784. The Morgan fingerprint density at radius 2 is 1.72 bits per heavy atom. The van der Waals surface area contributed by atoms with Crippen molar-refractivity contribution in [3.63, 3.8) is 0 Å². The highest BCUT2D eigenvalue weighted by atomic mass is 127. The maximum atomic E-state index is 12.6. The van der Waals surface area contributed by atoms with Crippen molar-refractivity contribution in [3.8, 4) is 0 Å². The molecule has 29 heavy (non-hydrogen) atoms. The highest BCUT2D eigenvalue weighted by Crippen LogP contribution is 2.30. The Morgan fingerprint density at radius 3 is 2.21 bits per heavy atom. The van der Waals surface area contributed by atoms with Crippen molar-refractivity contribution in [2.75, 3.05) is 52.9 Å². The summed E-state index contributed by atoms with van der Waals surface area (Å²) in [6.45, 7) is 8.61. The van der Waals surface area contributed by atoms with E-state index in [2.05, 4.69) is 34.4 Å². The molecule has 0 atom stereocenters. The summed E-state index contributed by atoms with van der Waals surface area (Å²) in [5.41, 5.74) is -5.23. The molecule has 0 saturated carbocycles. The van der Waals surface area contributed by atoms with E-state index in [4.69, 9.17) is 0 Å². The third-order valence-electron chi connectivity index (χ3n) is 5.08. The van der Waals surface area contributed by atoms with Crippen LogP contribution in [0.5, 0.6) is 0 Å². The topological polar surface area (TPSA) is 77.0 Å². The Kier molecular flexibility index (Phi) is 13.7. The van der Waals surface area contributed by atoms with Gasteiger partial charge in [-0.05, 0) is 51.2 Å². The summed E-state index contributed by atoms with van der Waals surface area (Å²) < 4.78 is 61.2. The van der Waals surface area contributed by atoms with E-state index < -0.39 is 15.5 Å². The molecule has 0 spiro atoms. The van der Waals surface area contributed by atoms with Gasteiger partial charge in [0.05, 0.1) is 0 Å². The van der Waals surface area contributed by atoms with Gasteiger partial charge in [0.25, 0.3) is 0 Å². The molecule has 0 aromatic carbocycles. The van der Waals surface area contributed by atoms with Gasteiger partial charge in [0.2, 0.25) is 0 Å². The highest BCUT2D eigenvalue weighted by Gasteiger charge is 2.50. The summed E-state index contributed by atoms with van der Waals surface area (Å²) in [5, 5.41) is 6.42. The van der Waals surface area contributed by atoms with Crippen LogP contribution in [0.4, 0.5) is 13.2 Å². The second-order valence-corrected chi connectivity index (χ2v) is 8.84. The van der Waals surface area contributed by atoms with E-state index in [0.717, 1.165) is 39.0 Å². The smallest absolute Gasteiger partial charge is 0.356 e. The lowest BCUT2D eigenvalue weighted by Gasteiger charge is -2.31. The molecular formula is C17H35F3IN5O2S. The summed E-state index contributed by atoms with van der Waals surface area (Å²) in [4.78, 5) is 6.53. The van der Waals surface area contributed by atoms with E-state index in [1.165, 1.54) is 0 Å². The van der Waals surface area contributed by atoms with Gasteiger partial charge in [-0.1, -0.05) is 13.8 Å². The molecule has 1 rings (SSSR count). The molecular weight excluding hydrogens is 522 g/mol. The Morgan fingerprint density at radius 1 is 1.14 bits per heavy atom. The van der Waals surface area contributed by atoms with Crippen molar-refractivity contribution in [3.05, 3.63) is 0 Å². The van der Waals surface area contributed by atoms with Gasteiger partial charge in [0, 0.05) is 33.2 Å². The van der Waals surface area contributed by atoms with Crippen LogP contribution in [0.3, 0.4) is 0 Å². The van der Waals surface area contributed by atoms with Crippen LogP contribution in [0.25, 0.3) is 0 Å². The van der Waals surface area contributed by atoms with Gasteiger partial charge in [-0.2, -0.15) is 17.5 Å². The first-order valence-electron chi connectivity index (χ1n) is 9.89. The van der Waals surface area contributed by atoms with Crippen molar-refractivity contribution < 1.29 is 21.6 Å². The van der Waals surface area contributed by atoms with E-state index in [1.807, 2.05) is 0 Å². The predicted molar refractivity (Wildman–Crippen MR) is 121 cm³/mol. The zero-order chi connectivity index (χ0) is 21.2. The number of unbranched alkanes of at least 4 members (excludes halogenated alkanes) is 1. The van der Waals surface area contributed by atoms with Gasteiger partial charge in [0.1, 0.15) is 0 Å². The molecule has 1 heterocycles. The van der Waals surface area contributed by atoms with Crippen LogP contribution in [0.1, 0.15) is 39.5 Å². The van der Waals surface area contributed by atoms with Crippen molar-refractivity contribution in [1.29, 1.82) is 0 Å². The second-order valence-electron chi connectivity index (χ2n) is 6.91. The number of rotatable bonds is 10. The molecule has 12 heteroatoms. The lowest BCUT2D eigenvalue weighted by molar-refractivity contribution is -0.0496. The number of aliphatic imine (C=N–C) groups is 1. The van der Waals surface area contributed by atoms with Gasteiger partial charge in [-0.15, -0.1) is 24.0 Å². The van der Waals surface area contributed by atoms with Crippen LogP contribution in [0.15, 0.2) is 4.99 Å². The minimum absolute atomic E-state index is 0. The average molecular weight is 557 g/mol. The summed E-state index contributed by atoms with van der Waals surface area (Å²) in [6.07, 6.45) is 2.90. The second kappa shape index (κ2) is 13.9. The van der Waals surface area contributed by atoms with Gasteiger partial charge >= 0.3 is 15.5 Å². The number of sulfonamides is 1. The minimum Gasteiger partial charge on any atom is -0.356 e. The molecule has 0 radical (unpaired) electrons. The zero-order valence-corrected chi connectivity index (χ0v) is 20.6. The molecule has 0 bridgehead atoms. The molecule has 1 saturated heterocycles. The van der Waals surface area contributed by atoms with E-state index in [-0.39, 0.29) is 43.0 Å². The largest absolute Gasteiger partial charge is 0.511 e. The molecule has 2 N–H and O–H groups in total. The summed E-state index contributed by atoms with van der Waals surface area (Å²) in [6, 6.07) is 0. The van der Waals surface area contributed by atoms with E-state index >= 15 is 0 Å².